The molecule has 1 aliphatic heterocycles. The predicted octanol–water partition coefficient (Wildman–Crippen LogP) is 1.56. The summed E-state index contributed by atoms with van der Waals surface area (Å²) in [5, 5.41) is 45.7. The van der Waals surface area contributed by atoms with E-state index in [4.69, 9.17) is 5.73 Å². The van der Waals surface area contributed by atoms with Gasteiger partial charge in [0.1, 0.15) is 28.9 Å². The Bertz CT molecular complexity index is 1480. The number of nitrogens with zero attached hydrogens (tertiary/aromatic N) is 3. The number of aliphatic hydroxyl groups excluding tert-OH is 2. The van der Waals surface area contributed by atoms with E-state index in [9.17, 15) is 48.0 Å². The molecule has 5 atom stereocenters. The molecule has 1 amide bonds. The molecule has 1 saturated heterocycles. The van der Waals surface area contributed by atoms with Gasteiger partial charge >= 0.3 is 6.18 Å². The second-order valence-corrected chi connectivity index (χ2v) is 12.3. The highest BCUT2D eigenvalue weighted by Crippen LogP contribution is 2.54. The fourth-order valence-electron chi connectivity index (χ4n) is 7.47. The van der Waals surface area contributed by atoms with Crippen LogP contribution in [-0.2, 0) is 27.3 Å². The number of hydrogen-bond acceptors (Lipinski definition) is 10. The molecule has 43 heavy (non-hydrogen) atoms. The molecule has 0 aromatic heterocycles. The lowest BCUT2D eigenvalue weighted by Gasteiger charge is -2.50. The van der Waals surface area contributed by atoms with Gasteiger partial charge in [0.2, 0.25) is 5.78 Å². The molecule has 1 unspecified atom stereocenters. The first-order chi connectivity index (χ1) is 19.9. The number of likely N-dealkylation sites (N-methyl/N-ethyl adjacent to an activating group) is 1. The third-order valence-corrected chi connectivity index (χ3v) is 9.37. The number of phenolic OH excluding ortho intramolecular Hbond substituents is 1. The molecule has 6 N–H and O–H groups in total. The molecule has 2 fully saturated rings. The zero-order valence-corrected chi connectivity index (χ0v) is 24.2. The van der Waals surface area contributed by atoms with Crippen LogP contribution in [0, 0.1) is 11.8 Å². The van der Waals surface area contributed by atoms with Gasteiger partial charge in [0, 0.05) is 43.4 Å². The number of alkyl halides is 3. The summed E-state index contributed by atoms with van der Waals surface area (Å²) < 4.78 is 41.0. The number of hydrogen-bond donors (Lipinski definition) is 5. The summed E-state index contributed by atoms with van der Waals surface area (Å²) in [6.45, 7) is -0.117. The van der Waals surface area contributed by atoms with Crippen LogP contribution < -0.4 is 10.6 Å². The summed E-state index contributed by atoms with van der Waals surface area (Å²) in [5.41, 5.74) is 2.24. The van der Waals surface area contributed by atoms with Crippen LogP contribution in [0.25, 0.3) is 5.76 Å². The number of fused-ring (bicyclic) bond motifs is 3. The number of amides is 1. The van der Waals surface area contributed by atoms with Gasteiger partial charge in [0.25, 0.3) is 5.91 Å². The van der Waals surface area contributed by atoms with E-state index in [1.807, 2.05) is 0 Å². The van der Waals surface area contributed by atoms with Crippen molar-refractivity contribution >= 4 is 28.9 Å². The summed E-state index contributed by atoms with van der Waals surface area (Å²) in [5.74, 6) is -7.69. The first kappa shape index (κ1) is 30.8. The van der Waals surface area contributed by atoms with Gasteiger partial charge in [-0.2, -0.15) is 13.2 Å². The van der Waals surface area contributed by atoms with Crippen molar-refractivity contribution in [1.82, 2.24) is 9.80 Å². The summed E-state index contributed by atoms with van der Waals surface area (Å²) in [6, 6.07) is -1.33. The van der Waals surface area contributed by atoms with Gasteiger partial charge < -0.3 is 31.1 Å². The third-order valence-electron chi connectivity index (χ3n) is 9.37. The van der Waals surface area contributed by atoms with Gasteiger partial charge in [-0.3, -0.25) is 24.2 Å². The van der Waals surface area contributed by atoms with Crippen molar-refractivity contribution in [3.05, 3.63) is 39.7 Å². The second-order valence-electron chi connectivity index (χ2n) is 12.3. The number of nitrogens with two attached hydrogens (primary N) is 1. The van der Waals surface area contributed by atoms with Crippen molar-refractivity contribution in [1.29, 1.82) is 0 Å². The highest BCUT2D eigenvalue weighted by atomic mass is 19.4. The minimum absolute atomic E-state index is 0.0673. The van der Waals surface area contributed by atoms with Gasteiger partial charge in [0.15, 0.2) is 11.4 Å². The van der Waals surface area contributed by atoms with Crippen LogP contribution in [0.1, 0.15) is 36.0 Å². The molecule has 1 aromatic carbocycles. The van der Waals surface area contributed by atoms with Crippen molar-refractivity contribution < 1.29 is 48.0 Å². The van der Waals surface area contributed by atoms with Gasteiger partial charge in [-0.25, -0.2) is 0 Å². The molecule has 1 saturated carbocycles. The normalized spacial score (nSPS) is 29.6. The zero-order valence-electron chi connectivity index (χ0n) is 24.2. The van der Waals surface area contributed by atoms with Gasteiger partial charge in [0.05, 0.1) is 11.6 Å². The SMILES string of the molecule is CN(C)c1cc(CN2CCCC2C(F)(F)F)c(O)c2c1C[C@H]1C[C@H]3[C@H](N(C)C)C(=O)C(C(N)=O)=C(O)[C@@]3(O)C(=O)C1=C2O. The molecule has 14 heteroatoms. The number of phenols is 1. The number of rotatable bonds is 5. The van der Waals surface area contributed by atoms with Crippen LogP contribution in [0.15, 0.2) is 23.0 Å². The number of aromatic hydroxyl groups is 1. The number of ketones is 2. The number of carbonyl (C=O) groups is 3. The summed E-state index contributed by atoms with van der Waals surface area (Å²) in [6.07, 6.45) is -4.22. The van der Waals surface area contributed by atoms with E-state index in [1.165, 1.54) is 23.9 Å². The van der Waals surface area contributed by atoms with Gasteiger partial charge in [-0.15, -0.1) is 0 Å². The lowest BCUT2D eigenvalue weighted by Crippen LogP contribution is -2.65. The summed E-state index contributed by atoms with van der Waals surface area (Å²) in [7, 11) is 6.42. The quantitative estimate of drug-likeness (QED) is 0.310. The van der Waals surface area contributed by atoms with Crippen LogP contribution in [-0.4, -0.2) is 106 Å². The summed E-state index contributed by atoms with van der Waals surface area (Å²) in [4.78, 5) is 43.8. The molecule has 0 bridgehead atoms. The molecule has 5 rings (SSSR count). The van der Waals surface area contributed by atoms with Crippen molar-refractivity contribution in [2.45, 2.75) is 56.1 Å². The van der Waals surface area contributed by atoms with Crippen LogP contribution >= 0.6 is 0 Å². The predicted molar refractivity (Wildman–Crippen MR) is 148 cm³/mol. The molecule has 0 radical (unpaired) electrons. The number of benzene rings is 1. The smallest absolute Gasteiger partial charge is 0.404 e. The third kappa shape index (κ3) is 4.49. The Kier molecular flexibility index (Phi) is 7.34. The Hall–Kier alpha value is -3.62. The van der Waals surface area contributed by atoms with Crippen LogP contribution in [0.3, 0.4) is 0 Å². The Morgan fingerprint density at radius 2 is 1.81 bits per heavy atom. The maximum Gasteiger partial charge on any atom is 0.404 e. The van der Waals surface area contributed by atoms with Crippen molar-refractivity contribution in [3.63, 3.8) is 0 Å². The summed E-state index contributed by atoms with van der Waals surface area (Å²) >= 11 is 0. The van der Waals surface area contributed by atoms with E-state index < -0.39 is 76.0 Å². The van der Waals surface area contributed by atoms with E-state index in [2.05, 4.69) is 0 Å². The van der Waals surface area contributed by atoms with E-state index in [0.29, 0.717) is 17.7 Å². The highest BCUT2D eigenvalue weighted by Gasteiger charge is 2.64. The molecular weight excluding hydrogens is 573 g/mol. The molecule has 3 aliphatic carbocycles. The van der Waals surface area contributed by atoms with E-state index in [-0.39, 0.29) is 49.1 Å². The second kappa shape index (κ2) is 10.2. The molecule has 1 heterocycles. The van der Waals surface area contributed by atoms with Crippen LogP contribution in [0.2, 0.25) is 0 Å². The van der Waals surface area contributed by atoms with Crippen LogP contribution in [0.4, 0.5) is 18.9 Å². The Morgan fingerprint density at radius 1 is 1.16 bits per heavy atom. The molecule has 1 aromatic rings. The standard InChI is InChI=1S/C29H35F3N4O7/c1-34(2)16-10-13(11-36-7-5-6-17(36)29(30,31)32)22(37)19-14(16)8-12-9-15-21(35(3)4)24(39)20(27(33)42)26(41)28(15,43)25(40)18(12)23(19)38/h10,12,15,17,21,37-38,41,43H,5-9,11H2,1-4H3,(H2,33,42)/t12-,15-,17?,21-,28-/m0/s1. The highest BCUT2D eigenvalue weighted by molar-refractivity contribution is 6.24. The first-order valence-corrected chi connectivity index (χ1v) is 13.9. The van der Waals surface area contributed by atoms with Gasteiger partial charge in [-0.1, -0.05) is 0 Å². The largest absolute Gasteiger partial charge is 0.508 e. The average molecular weight is 609 g/mol. The van der Waals surface area contributed by atoms with E-state index in [0.717, 1.165) is 0 Å². The van der Waals surface area contributed by atoms with Crippen molar-refractivity contribution in [3.8, 4) is 5.75 Å². The molecule has 4 aliphatic rings. The maximum atomic E-state index is 14.1. The lowest BCUT2D eigenvalue weighted by molar-refractivity contribution is -0.177. The lowest BCUT2D eigenvalue weighted by atomic mass is 9.57. The number of aliphatic hydroxyl groups is 3. The van der Waals surface area contributed by atoms with Crippen LogP contribution in [0.5, 0.6) is 5.75 Å². The van der Waals surface area contributed by atoms with E-state index in [1.54, 1.807) is 25.1 Å². The first-order valence-electron chi connectivity index (χ1n) is 13.9. The minimum Gasteiger partial charge on any atom is -0.508 e. The average Bonchev–Trinajstić information content (AvgIpc) is 3.36. The number of halogens is 3. The fourth-order valence-corrected chi connectivity index (χ4v) is 7.47. The van der Waals surface area contributed by atoms with E-state index >= 15 is 0 Å². The molecule has 0 spiro atoms. The fraction of sp³-hybridized carbons (Fsp3) is 0.552. The minimum atomic E-state index is -4.46. The molecule has 11 nitrogen and oxygen atoms in total. The Morgan fingerprint density at radius 3 is 2.37 bits per heavy atom. The topological polar surface area (TPSA) is 168 Å². The van der Waals surface area contributed by atoms with Gasteiger partial charge in [-0.05, 0) is 63.9 Å². The van der Waals surface area contributed by atoms with Crippen molar-refractivity contribution in [2.75, 3.05) is 39.6 Å². The number of anilines is 1. The Balaban J connectivity index is 1.68. The zero-order chi connectivity index (χ0) is 31.9. The Labute approximate surface area is 245 Å². The maximum absolute atomic E-state index is 14.1. The number of primary amides is 1. The molecule has 234 valence electrons. The monoisotopic (exact) mass is 608 g/mol. The molecular formula is C29H35F3N4O7. The number of Topliss-reactive ketones (excluding diaryl/α,β-unsaturated/α-hetero) is 2. The number of likely N-dealkylation sites (tertiary alicyclic amines) is 1. The number of carbonyl (C=O) groups excluding carboxylic acids is 3. The van der Waals surface area contributed by atoms with Crippen molar-refractivity contribution in [2.24, 2.45) is 17.6 Å².